The minimum absolute atomic E-state index is 0.0725. The third-order valence-corrected chi connectivity index (χ3v) is 6.19. The number of ether oxygens (including phenoxy) is 2. The van der Waals surface area contributed by atoms with E-state index in [0.717, 1.165) is 17.0 Å². The number of benzene rings is 2. The molecule has 0 saturated heterocycles. The molecule has 9 nitrogen and oxygen atoms in total. The zero-order valence-corrected chi connectivity index (χ0v) is 19.4. The Morgan fingerprint density at radius 2 is 1.67 bits per heavy atom. The number of hydrogen-bond donors (Lipinski definition) is 1. The molecule has 0 unspecified atom stereocenters. The van der Waals surface area contributed by atoms with Gasteiger partial charge in [-0.25, -0.2) is 13.1 Å². The van der Waals surface area contributed by atoms with Crippen molar-refractivity contribution in [2.24, 2.45) is 0 Å². The number of nitrogens with one attached hydrogen (secondary N) is 1. The Morgan fingerprint density at radius 3 is 2.27 bits per heavy atom. The topological polar surface area (TPSA) is 108 Å². The largest absolute Gasteiger partial charge is 0.495 e. The quantitative estimate of drug-likeness (QED) is 0.436. The maximum absolute atomic E-state index is 12.8. The summed E-state index contributed by atoms with van der Waals surface area (Å²) in [6, 6.07) is 16.9. The average Bonchev–Trinajstić information content (AvgIpc) is 3.13. The molecular formula is C23H23N5O4S. The fourth-order valence-corrected chi connectivity index (χ4v) is 4.57. The van der Waals surface area contributed by atoms with Gasteiger partial charge < -0.3 is 9.47 Å². The van der Waals surface area contributed by atoms with Crippen molar-refractivity contribution in [1.82, 2.24) is 20.0 Å². The lowest BCUT2D eigenvalue weighted by Crippen LogP contribution is -2.14. The van der Waals surface area contributed by atoms with E-state index >= 15 is 0 Å². The highest BCUT2D eigenvalue weighted by atomic mass is 32.2. The number of rotatable bonds is 7. The van der Waals surface area contributed by atoms with Crippen molar-refractivity contribution in [3.63, 3.8) is 0 Å². The van der Waals surface area contributed by atoms with Gasteiger partial charge in [-0.1, -0.05) is 6.07 Å². The predicted molar refractivity (Wildman–Crippen MR) is 124 cm³/mol. The monoisotopic (exact) mass is 465 g/mol. The maximum atomic E-state index is 12.8. The van der Waals surface area contributed by atoms with Crippen molar-refractivity contribution in [1.29, 1.82) is 0 Å². The molecule has 10 heteroatoms. The van der Waals surface area contributed by atoms with Crippen LogP contribution in [0.5, 0.6) is 17.4 Å². The number of aryl methyl sites for hydroxylation is 3. The molecule has 0 fully saturated rings. The number of nitrogens with zero attached hydrogens (tertiary/aromatic N) is 4. The summed E-state index contributed by atoms with van der Waals surface area (Å²) in [5.41, 5.74) is 3.05. The summed E-state index contributed by atoms with van der Waals surface area (Å²) in [7, 11) is -2.40. The van der Waals surface area contributed by atoms with E-state index in [1.54, 1.807) is 59.3 Å². The van der Waals surface area contributed by atoms with E-state index in [0.29, 0.717) is 23.1 Å². The molecule has 4 rings (SSSR count). The number of anilines is 1. The molecule has 0 bridgehead atoms. The van der Waals surface area contributed by atoms with Crippen LogP contribution in [0.1, 0.15) is 17.0 Å². The molecule has 2 heterocycles. The summed E-state index contributed by atoms with van der Waals surface area (Å²) in [6.07, 6.45) is 0. The molecule has 0 amide bonds. The highest BCUT2D eigenvalue weighted by Crippen LogP contribution is 2.28. The first-order valence-corrected chi connectivity index (χ1v) is 11.6. The summed E-state index contributed by atoms with van der Waals surface area (Å²) in [4.78, 5) is 0.0725. The molecule has 170 valence electrons. The third kappa shape index (κ3) is 4.96. The normalized spacial score (nSPS) is 11.3. The molecule has 0 radical (unpaired) electrons. The summed E-state index contributed by atoms with van der Waals surface area (Å²) < 4.78 is 40.9. The lowest BCUT2D eigenvalue weighted by atomic mass is 10.2. The van der Waals surface area contributed by atoms with Crippen LogP contribution in [0.3, 0.4) is 0 Å². The highest BCUT2D eigenvalue weighted by molar-refractivity contribution is 7.92. The van der Waals surface area contributed by atoms with Gasteiger partial charge in [0.2, 0.25) is 5.88 Å². The van der Waals surface area contributed by atoms with Crippen molar-refractivity contribution in [2.75, 3.05) is 11.8 Å². The van der Waals surface area contributed by atoms with Gasteiger partial charge in [0.05, 0.1) is 12.8 Å². The van der Waals surface area contributed by atoms with E-state index in [9.17, 15) is 8.42 Å². The van der Waals surface area contributed by atoms with E-state index in [1.807, 2.05) is 26.8 Å². The molecular weight excluding hydrogens is 442 g/mol. The SMILES string of the molecule is COc1ccc(C)cc1S(=O)(=O)Nc1ccc(Oc2ccc(-n3nc(C)cc3C)nn2)cc1. The van der Waals surface area contributed by atoms with E-state index in [-0.39, 0.29) is 10.6 Å². The third-order valence-electron chi connectivity index (χ3n) is 4.79. The lowest BCUT2D eigenvalue weighted by molar-refractivity contribution is 0.402. The molecule has 2 aromatic carbocycles. The van der Waals surface area contributed by atoms with Crippen molar-refractivity contribution >= 4 is 15.7 Å². The van der Waals surface area contributed by atoms with Crippen LogP contribution in [-0.4, -0.2) is 35.5 Å². The summed E-state index contributed by atoms with van der Waals surface area (Å²) in [6.45, 7) is 5.67. The maximum Gasteiger partial charge on any atom is 0.265 e. The van der Waals surface area contributed by atoms with E-state index in [2.05, 4.69) is 20.0 Å². The van der Waals surface area contributed by atoms with E-state index in [1.165, 1.54) is 7.11 Å². The van der Waals surface area contributed by atoms with Crippen LogP contribution in [0, 0.1) is 20.8 Å². The Bertz CT molecular complexity index is 1380. The van der Waals surface area contributed by atoms with Gasteiger partial charge in [0.1, 0.15) is 16.4 Å². The summed E-state index contributed by atoms with van der Waals surface area (Å²) >= 11 is 0. The van der Waals surface area contributed by atoms with Crippen molar-refractivity contribution in [3.05, 3.63) is 77.6 Å². The molecule has 4 aromatic rings. The molecule has 0 saturated carbocycles. The van der Waals surface area contributed by atoms with Crippen LogP contribution in [0.25, 0.3) is 5.82 Å². The standard InChI is InChI=1S/C23H23N5O4S/c1-15-5-10-20(31-4)21(13-15)33(29,30)27-18-6-8-19(9-7-18)32-23-12-11-22(24-25-23)28-17(3)14-16(2)26-28/h5-14,27H,1-4H3. The van der Waals surface area contributed by atoms with Gasteiger partial charge in [0.15, 0.2) is 5.82 Å². The Morgan fingerprint density at radius 1 is 0.909 bits per heavy atom. The van der Waals surface area contributed by atoms with Crippen LogP contribution >= 0.6 is 0 Å². The van der Waals surface area contributed by atoms with Gasteiger partial charge in [0, 0.05) is 17.4 Å². The molecule has 0 aliphatic carbocycles. The summed E-state index contributed by atoms with van der Waals surface area (Å²) in [5, 5.41) is 12.6. The lowest BCUT2D eigenvalue weighted by Gasteiger charge is -2.13. The Balaban J connectivity index is 1.46. The second-order valence-electron chi connectivity index (χ2n) is 7.45. The molecule has 0 spiro atoms. The first kappa shape index (κ1) is 22.3. The molecule has 0 aliphatic rings. The van der Waals surface area contributed by atoms with Crippen LogP contribution in [-0.2, 0) is 10.0 Å². The van der Waals surface area contributed by atoms with Crippen molar-refractivity contribution in [3.8, 4) is 23.2 Å². The number of sulfonamides is 1. The van der Waals surface area contributed by atoms with Gasteiger partial charge in [-0.3, -0.25) is 4.72 Å². The predicted octanol–water partition coefficient (Wildman–Crippen LogP) is 4.19. The fraction of sp³-hybridized carbons (Fsp3) is 0.174. The second kappa shape index (κ2) is 8.91. The first-order chi connectivity index (χ1) is 15.7. The Hall–Kier alpha value is -3.92. The number of methoxy groups -OCH3 is 1. The van der Waals surface area contributed by atoms with Gasteiger partial charge >= 0.3 is 0 Å². The van der Waals surface area contributed by atoms with E-state index in [4.69, 9.17) is 9.47 Å². The van der Waals surface area contributed by atoms with E-state index < -0.39 is 10.0 Å². The van der Waals surface area contributed by atoms with Crippen LogP contribution in [0.2, 0.25) is 0 Å². The van der Waals surface area contributed by atoms with Crippen LogP contribution in [0.4, 0.5) is 5.69 Å². The average molecular weight is 466 g/mol. The smallest absolute Gasteiger partial charge is 0.265 e. The Labute approximate surface area is 192 Å². The number of hydrogen-bond acceptors (Lipinski definition) is 7. The Kier molecular flexibility index (Phi) is 6.01. The molecule has 2 aromatic heterocycles. The molecule has 0 atom stereocenters. The zero-order chi connectivity index (χ0) is 23.6. The molecule has 33 heavy (non-hydrogen) atoms. The minimum atomic E-state index is -3.83. The van der Waals surface area contributed by atoms with Gasteiger partial charge in [-0.15, -0.1) is 10.2 Å². The first-order valence-electron chi connectivity index (χ1n) is 10.1. The van der Waals surface area contributed by atoms with Gasteiger partial charge in [0.25, 0.3) is 10.0 Å². The highest BCUT2D eigenvalue weighted by Gasteiger charge is 2.20. The number of aromatic nitrogens is 4. The van der Waals surface area contributed by atoms with Crippen LogP contribution < -0.4 is 14.2 Å². The minimum Gasteiger partial charge on any atom is -0.495 e. The molecule has 1 N–H and O–H groups in total. The van der Waals surface area contributed by atoms with Gasteiger partial charge in [-0.05, 0) is 74.9 Å². The zero-order valence-electron chi connectivity index (χ0n) is 18.6. The van der Waals surface area contributed by atoms with Crippen LogP contribution in [0.15, 0.2) is 65.6 Å². The van der Waals surface area contributed by atoms with Gasteiger partial charge in [-0.2, -0.15) is 5.10 Å². The fourth-order valence-electron chi connectivity index (χ4n) is 3.26. The van der Waals surface area contributed by atoms with Crippen molar-refractivity contribution in [2.45, 2.75) is 25.7 Å². The summed E-state index contributed by atoms with van der Waals surface area (Å²) in [5.74, 6) is 1.65. The second-order valence-corrected chi connectivity index (χ2v) is 9.11. The van der Waals surface area contributed by atoms with Crippen molar-refractivity contribution < 1.29 is 17.9 Å². The molecule has 0 aliphatic heterocycles.